The van der Waals surface area contributed by atoms with Crippen LogP contribution in [-0.4, -0.2) is 36.6 Å². The maximum Gasteiger partial charge on any atom is 0.174 e. The quantitative estimate of drug-likeness (QED) is 0.285. The zero-order valence-corrected chi connectivity index (χ0v) is 10.9. The van der Waals surface area contributed by atoms with E-state index in [2.05, 4.69) is 5.16 Å². The summed E-state index contributed by atoms with van der Waals surface area (Å²) >= 11 is 1.53. The molecule has 3 N–H and O–H groups in total. The van der Waals surface area contributed by atoms with Crippen LogP contribution in [0.25, 0.3) is 0 Å². The molecule has 0 amide bonds. The van der Waals surface area contributed by atoms with Crippen LogP contribution in [0.5, 0.6) is 5.75 Å². The van der Waals surface area contributed by atoms with E-state index in [4.69, 9.17) is 20.4 Å². The normalized spacial score (nSPS) is 20.1. The first-order chi connectivity index (χ1) is 8.76. The lowest BCUT2D eigenvalue weighted by Gasteiger charge is -2.16. The van der Waals surface area contributed by atoms with Gasteiger partial charge in [0.1, 0.15) is 11.9 Å². The molecule has 0 aromatic heterocycles. The molecule has 1 unspecified atom stereocenters. The molecule has 0 bridgehead atoms. The van der Waals surface area contributed by atoms with Gasteiger partial charge in [0.05, 0.1) is 18.8 Å². The Labute approximate surface area is 110 Å². The topological polar surface area (TPSA) is 77.1 Å². The second-order valence-corrected chi connectivity index (χ2v) is 4.77. The molecule has 98 valence electrons. The molecule has 1 aliphatic rings. The number of oxime groups is 1. The first-order valence-electron chi connectivity index (χ1n) is 5.65. The highest BCUT2D eigenvalue weighted by Crippen LogP contribution is 2.30. The van der Waals surface area contributed by atoms with Crippen molar-refractivity contribution in [3.8, 4) is 5.75 Å². The van der Waals surface area contributed by atoms with Gasteiger partial charge in [-0.2, -0.15) is 0 Å². The summed E-state index contributed by atoms with van der Waals surface area (Å²) in [6.07, 6.45) is 2.83. The molecule has 2 rings (SSSR count). The number of hydrogen-bond acceptors (Lipinski definition) is 5. The Kier molecular flexibility index (Phi) is 4.33. The molecule has 1 saturated heterocycles. The van der Waals surface area contributed by atoms with Gasteiger partial charge in [-0.05, 0) is 18.4 Å². The van der Waals surface area contributed by atoms with Crippen molar-refractivity contribution in [3.63, 3.8) is 0 Å². The number of hydrogen-bond donors (Lipinski definition) is 2. The maximum absolute atomic E-state index is 8.87. The first-order valence-corrected chi connectivity index (χ1v) is 6.88. The van der Waals surface area contributed by atoms with Crippen molar-refractivity contribution in [3.05, 3.63) is 23.8 Å². The minimum atomic E-state index is 0.0346. The minimum absolute atomic E-state index is 0.0346. The van der Waals surface area contributed by atoms with Gasteiger partial charge in [-0.15, -0.1) is 11.8 Å². The molecule has 1 aromatic rings. The average molecular weight is 268 g/mol. The van der Waals surface area contributed by atoms with Gasteiger partial charge in [0.15, 0.2) is 5.84 Å². The number of nitrogens with two attached hydrogens (primary N) is 1. The van der Waals surface area contributed by atoms with Gasteiger partial charge in [0, 0.05) is 11.3 Å². The Bertz CT molecular complexity index is 445. The molecule has 0 aliphatic carbocycles. The van der Waals surface area contributed by atoms with Gasteiger partial charge in [-0.3, -0.25) is 0 Å². The number of ether oxygens (including phenoxy) is 2. The van der Waals surface area contributed by atoms with Gasteiger partial charge in [-0.1, -0.05) is 11.2 Å². The van der Waals surface area contributed by atoms with E-state index in [0.717, 1.165) is 11.3 Å². The molecular formula is C12H16N2O3S. The van der Waals surface area contributed by atoms with E-state index in [9.17, 15) is 0 Å². The van der Waals surface area contributed by atoms with E-state index in [0.29, 0.717) is 24.5 Å². The average Bonchev–Trinajstić information content (AvgIpc) is 2.90. The van der Waals surface area contributed by atoms with Crippen LogP contribution in [0.2, 0.25) is 0 Å². The van der Waals surface area contributed by atoms with Crippen molar-refractivity contribution < 1.29 is 14.7 Å². The molecule has 1 aliphatic heterocycles. The van der Waals surface area contributed by atoms with E-state index in [1.54, 1.807) is 0 Å². The lowest BCUT2D eigenvalue weighted by molar-refractivity contribution is 0.141. The number of thioether (sulfide) groups is 1. The number of rotatable bonds is 4. The molecule has 0 spiro atoms. The molecular weight excluding hydrogens is 252 g/mol. The van der Waals surface area contributed by atoms with Crippen LogP contribution in [0, 0.1) is 0 Å². The summed E-state index contributed by atoms with van der Waals surface area (Å²) in [7, 11) is 0. The molecule has 1 atom stereocenters. The summed E-state index contributed by atoms with van der Waals surface area (Å²) in [5.74, 6) is 0.696. The second kappa shape index (κ2) is 5.97. The van der Waals surface area contributed by atoms with Gasteiger partial charge in [0.2, 0.25) is 0 Å². The van der Waals surface area contributed by atoms with E-state index in [1.165, 1.54) is 11.8 Å². The standard InChI is InChI=1S/C12H16N2O3S/c1-18-10-4-2-3-9(11(10)12(13)14-15)17-8-5-6-16-7-8/h2-4,8,15H,5-7H2,1H3,(H2,13,14). The van der Waals surface area contributed by atoms with Crippen molar-refractivity contribution in [1.82, 2.24) is 0 Å². The predicted octanol–water partition coefficient (Wildman–Crippen LogP) is 1.67. The van der Waals surface area contributed by atoms with Crippen LogP contribution >= 0.6 is 11.8 Å². The molecule has 6 heteroatoms. The lowest BCUT2D eigenvalue weighted by atomic mass is 10.1. The van der Waals surface area contributed by atoms with Gasteiger partial charge in [0.25, 0.3) is 0 Å². The molecule has 5 nitrogen and oxygen atoms in total. The number of amidine groups is 1. The first kappa shape index (κ1) is 13.0. The molecule has 1 fully saturated rings. The van der Waals surface area contributed by atoms with Crippen molar-refractivity contribution in [2.75, 3.05) is 19.5 Å². The highest BCUT2D eigenvalue weighted by Gasteiger charge is 2.21. The zero-order valence-electron chi connectivity index (χ0n) is 10.1. The van der Waals surface area contributed by atoms with Crippen LogP contribution in [-0.2, 0) is 4.74 Å². The van der Waals surface area contributed by atoms with E-state index >= 15 is 0 Å². The Morgan fingerprint density at radius 2 is 2.44 bits per heavy atom. The Morgan fingerprint density at radius 1 is 1.61 bits per heavy atom. The summed E-state index contributed by atoms with van der Waals surface area (Å²) < 4.78 is 11.1. The zero-order chi connectivity index (χ0) is 13.0. The number of nitrogens with zero attached hydrogens (tertiary/aromatic N) is 1. The lowest BCUT2D eigenvalue weighted by Crippen LogP contribution is -2.21. The highest BCUT2D eigenvalue weighted by atomic mass is 32.2. The van der Waals surface area contributed by atoms with Crippen LogP contribution in [0.15, 0.2) is 28.3 Å². The smallest absolute Gasteiger partial charge is 0.174 e. The molecule has 0 saturated carbocycles. The highest BCUT2D eigenvalue weighted by molar-refractivity contribution is 7.98. The van der Waals surface area contributed by atoms with Crippen LogP contribution < -0.4 is 10.5 Å². The molecule has 1 aromatic carbocycles. The minimum Gasteiger partial charge on any atom is -0.487 e. The molecule has 18 heavy (non-hydrogen) atoms. The van der Waals surface area contributed by atoms with Crippen LogP contribution in [0.3, 0.4) is 0 Å². The Morgan fingerprint density at radius 3 is 3.06 bits per heavy atom. The van der Waals surface area contributed by atoms with E-state index in [1.807, 2.05) is 24.5 Å². The van der Waals surface area contributed by atoms with Crippen molar-refractivity contribution >= 4 is 17.6 Å². The largest absolute Gasteiger partial charge is 0.487 e. The maximum atomic E-state index is 8.87. The molecule has 0 radical (unpaired) electrons. The fourth-order valence-corrected chi connectivity index (χ4v) is 2.49. The van der Waals surface area contributed by atoms with E-state index < -0.39 is 0 Å². The Balaban J connectivity index is 2.32. The predicted molar refractivity (Wildman–Crippen MR) is 70.6 cm³/mol. The second-order valence-electron chi connectivity index (χ2n) is 3.92. The summed E-state index contributed by atoms with van der Waals surface area (Å²) in [5.41, 5.74) is 6.36. The van der Waals surface area contributed by atoms with Crippen molar-refractivity contribution in [1.29, 1.82) is 0 Å². The molecule has 1 heterocycles. The third-order valence-corrected chi connectivity index (χ3v) is 3.53. The summed E-state index contributed by atoms with van der Waals surface area (Å²) in [5, 5.41) is 11.9. The van der Waals surface area contributed by atoms with Crippen molar-refractivity contribution in [2.45, 2.75) is 17.4 Å². The van der Waals surface area contributed by atoms with Crippen molar-refractivity contribution in [2.24, 2.45) is 10.9 Å². The van der Waals surface area contributed by atoms with Gasteiger partial charge >= 0.3 is 0 Å². The third-order valence-electron chi connectivity index (χ3n) is 2.75. The Hall–Kier alpha value is -1.40. The van der Waals surface area contributed by atoms with E-state index in [-0.39, 0.29) is 11.9 Å². The monoisotopic (exact) mass is 268 g/mol. The SMILES string of the molecule is CSc1cccc(OC2CCOC2)c1/C(N)=N/O. The summed E-state index contributed by atoms with van der Waals surface area (Å²) in [6.45, 7) is 1.30. The van der Waals surface area contributed by atoms with Crippen LogP contribution in [0.1, 0.15) is 12.0 Å². The third kappa shape index (κ3) is 2.70. The fourth-order valence-electron chi connectivity index (χ4n) is 1.87. The van der Waals surface area contributed by atoms with Crippen LogP contribution in [0.4, 0.5) is 0 Å². The van der Waals surface area contributed by atoms with Gasteiger partial charge in [-0.25, -0.2) is 0 Å². The fraction of sp³-hybridized carbons (Fsp3) is 0.417. The summed E-state index contributed by atoms with van der Waals surface area (Å²) in [4.78, 5) is 0.918. The summed E-state index contributed by atoms with van der Waals surface area (Å²) in [6, 6.07) is 5.63. The number of benzene rings is 1. The van der Waals surface area contributed by atoms with Gasteiger partial charge < -0.3 is 20.4 Å².